The average molecular weight is 284 g/mol. The average Bonchev–Trinajstić information content (AvgIpc) is 2.53. The number of ether oxygens (including phenoxy) is 2. The fraction of sp³-hybridized carbons (Fsp3) is 0.278. The molecule has 0 unspecified atom stereocenters. The zero-order valence-corrected chi connectivity index (χ0v) is 12.5. The second-order valence-electron chi connectivity index (χ2n) is 4.65. The summed E-state index contributed by atoms with van der Waals surface area (Å²) >= 11 is 0. The quantitative estimate of drug-likeness (QED) is 0.741. The zero-order valence-electron chi connectivity index (χ0n) is 12.5. The minimum Gasteiger partial charge on any atom is -0.493 e. The highest BCUT2D eigenvalue weighted by atomic mass is 16.5. The van der Waals surface area contributed by atoms with E-state index < -0.39 is 0 Å². The van der Waals surface area contributed by atoms with Crippen LogP contribution in [0.5, 0.6) is 5.75 Å². The van der Waals surface area contributed by atoms with Gasteiger partial charge in [0.2, 0.25) is 0 Å². The van der Waals surface area contributed by atoms with Crippen molar-refractivity contribution in [2.24, 2.45) is 0 Å². The Hall–Kier alpha value is -2.29. The van der Waals surface area contributed by atoms with Crippen molar-refractivity contribution in [1.29, 1.82) is 0 Å². The van der Waals surface area contributed by atoms with Crippen LogP contribution in [0.1, 0.15) is 30.6 Å². The van der Waals surface area contributed by atoms with Crippen molar-refractivity contribution in [2.45, 2.75) is 20.3 Å². The molecule has 3 nitrogen and oxygen atoms in total. The van der Waals surface area contributed by atoms with Crippen molar-refractivity contribution in [3.8, 4) is 16.9 Å². The molecule has 2 aromatic rings. The first kappa shape index (κ1) is 15.1. The standard InChI is InChI=1S/C18H20O3/c1-3-12-21-17-13-15(18(19)20-4-2)10-11-16(17)14-8-6-5-7-9-14/h5-11,13H,3-4,12H2,1-2H3. The Kier molecular flexibility index (Phi) is 5.38. The molecule has 21 heavy (non-hydrogen) atoms. The minimum atomic E-state index is -0.321. The van der Waals surface area contributed by atoms with Crippen LogP contribution in [-0.4, -0.2) is 19.2 Å². The normalized spacial score (nSPS) is 10.2. The van der Waals surface area contributed by atoms with Gasteiger partial charge in [-0.05, 0) is 37.1 Å². The van der Waals surface area contributed by atoms with Crippen molar-refractivity contribution in [3.63, 3.8) is 0 Å². The lowest BCUT2D eigenvalue weighted by atomic mass is 10.0. The van der Waals surface area contributed by atoms with Gasteiger partial charge < -0.3 is 9.47 Å². The molecular weight excluding hydrogens is 264 g/mol. The minimum absolute atomic E-state index is 0.321. The van der Waals surface area contributed by atoms with Gasteiger partial charge in [0.25, 0.3) is 0 Å². The maximum Gasteiger partial charge on any atom is 0.338 e. The molecule has 0 atom stereocenters. The molecule has 0 bridgehead atoms. The lowest BCUT2D eigenvalue weighted by molar-refractivity contribution is 0.0526. The van der Waals surface area contributed by atoms with Crippen molar-refractivity contribution in [1.82, 2.24) is 0 Å². The lowest BCUT2D eigenvalue weighted by Crippen LogP contribution is -2.06. The van der Waals surface area contributed by atoms with Crippen LogP contribution in [0.3, 0.4) is 0 Å². The van der Waals surface area contributed by atoms with Gasteiger partial charge in [-0.1, -0.05) is 37.3 Å². The fourth-order valence-corrected chi connectivity index (χ4v) is 2.05. The van der Waals surface area contributed by atoms with Gasteiger partial charge in [-0.15, -0.1) is 0 Å². The first-order chi connectivity index (χ1) is 10.3. The van der Waals surface area contributed by atoms with Crippen LogP contribution in [0.15, 0.2) is 48.5 Å². The van der Waals surface area contributed by atoms with E-state index in [0.717, 1.165) is 17.5 Å². The van der Waals surface area contributed by atoms with Crippen molar-refractivity contribution in [2.75, 3.05) is 13.2 Å². The molecule has 110 valence electrons. The predicted molar refractivity (Wildman–Crippen MR) is 83.6 cm³/mol. The van der Waals surface area contributed by atoms with Gasteiger partial charge >= 0.3 is 5.97 Å². The fourth-order valence-electron chi connectivity index (χ4n) is 2.05. The highest BCUT2D eigenvalue weighted by Gasteiger charge is 2.12. The van der Waals surface area contributed by atoms with E-state index in [1.54, 1.807) is 19.1 Å². The summed E-state index contributed by atoms with van der Waals surface area (Å²) in [6.07, 6.45) is 0.915. The zero-order chi connectivity index (χ0) is 15.1. The highest BCUT2D eigenvalue weighted by molar-refractivity contribution is 5.91. The molecule has 0 aliphatic heterocycles. The predicted octanol–water partition coefficient (Wildman–Crippen LogP) is 4.32. The van der Waals surface area contributed by atoms with Crippen molar-refractivity contribution >= 4 is 5.97 Å². The number of carbonyl (C=O) groups excluding carboxylic acids is 1. The van der Waals surface area contributed by atoms with Gasteiger partial charge in [0.15, 0.2) is 0 Å². The molecule has 0 saturated carbocycles. The first-order valence-corrected chi connectivity index (χ1v) is 7.25. The number of hydrogen-bond acceptors (Lipinski definition) is 3. The van der Waals surface area contributed by atoms with E-state index in [1.165, 1.54) is 0 Å². The van der Waals surface area contributed by atoms with Crippen LogP contribution >= 0.6 is 0 Å². The number of rotatable bonds is 6. The van der Waals surface area contributed by atoms with E-state index in [0.29, 0.717) is 24.5 Å². The molecule has 2 rings (SSSR count). The molecule has 0 saturated heterocycles. The topological polar surface area (TPSA) is 35.5 Å². The third-order valence-corrected chi connectivity index (χ3v) is 3.04. The molecule has 2 aromatic carbocycles. The van der Waals surface area contributed by atoms with E-state index in [1.807, 2.05) is 36.4 Å². The lowest BCUT2D eigenvalue weighted by Gasteiger charge is -2.13. The molecule has 0 amide bonds. The second kappa shape index (κ2) is 7.48. The largest absolute Gasteiger partial charge is 0.493 e. The maximum atomic E-state index is 11.8. The molecule has 0 fully saturated rings. The summed E-state index contributed by atoms with van der Waals surface area (Å²) in [5, 5.41) is 0. The van der Waals surface area contributed by atoms with Crippen LogP contribution in [-0.2, 0) is 4.74 Å². The third-order valence-electron chi connectivity index (χ3n) is 3.04. The monoisotopic (exact) mass is 284 g/mol. The summed E-state index contributed by atoms with van der Waals surface area (Å²) in [7, 11) is 0. The summed E-state index contributed by atoms with van der Waals surface area (Å²) in [5.41, 5.74) is 2.57. The van der Waals surface area contributed by atoms with Crippen LogP contribution in [0.25, 0.3) is 11.1 Å². The maximum absolute atomic E-state index is 11.8. The molecule has 0 aromatic heterocycles. The van der Waals surface area contributed by atoms with Crippen LogP contribution in [0.2, 0.25) is 0 Å². The van der Waals surface area contributed by atoms with Gasteiger partial charge in [0.1, 0.15) is 5.75 Å². The molecule has 0 aliphatic carbocycles. The Labute approximate surface area is 125 Å². The summed E-state index contributed by atoms with van der Waals surface area (Å²) in [4.78, 5) is 11.8. The highest BCUT2D eigenvalue weighted by Crippen LogP contribution is 2.31. The van der Waals surface area contributed by atoms with Crippen LogP contribution < -0.4 is 4.74 Å². The van der Waals surface area contributed by atoms with Gasteiger partial charge in [-0.3, -0.25) is 0 Å². The van der Waals surface area contributed by atoms with Gasteiger partial charge in [-0.25, -0.2) is 4.79 Å². The molecule has 3 heteroatoms. The smallest absolute Gasteiger partial charge is 0.338 e. The molecule has 0 spiro atoms. The number of esters is 1. The molecule has 0 N–H and O–H groups in total. The Balaban J connectivity index is 2.38. The molecule has 0 aliphatic rings. The van der Waals surface area contributed by atoms with Crippen molar-refractivity contribution in [3.05, 3.63) is 54.1 Å². The Bertz CT molecular complexity index is 591. The van der Waals surface area contributed by atoms with Gasteiger partial charge in [0.05, 0.1) is 18.8 Å². The van der Waals surface area contributed by atoms with E-state index in [9.17, 15) is 4.79 Å². The summed E-state index contributed by atoms with van der Waals surface area (Å²) in [6, 6.07) is 15.4. The Morgan fingerprint density at radius 3 is 2.48 bits per heavy atom. The molecule has 0 radical (unpaired) electrons. The number of carbonyl (C=O) groups is 1. The van der Waals surface area contributed by atoms with Crippen molar-refractivity contribution < 1.29 is 14.3 Å². The summed E-state index contributed by atoms with van der Waals surface area (Å²) < 4.78 is 10.8. The molecule has 0 heterocycles. The second-order valence-corrected chi connectivity index (χ2v) is 4.65. The van der Waals surface area contributed by atoms with Gasteiger partial charge in [-0.2, -0.15) is 0 Å². The summed E-state index contributed by atoms with van der Waals surface area (Å²) in [6.45, 7) is 4.83. The summed E-state index contributed by atoms with van der Waals surface area (Å²) in [5.74, 6) is 0.395. The SMILES string of the molecule is CCCOc1cc(C(=O)OCC)ccc1-c1ccccc1. The first-order valence-electron chi connectivity index (χ1n) is 7.25. The number of hydrogen-bond donors (Lipinski definition) is 0. The van der Waals surface area contributed by atoms with Gasteiger partial charge in [0, 0.05) is 5.56 Å². The van der Waals surface area contributed by atoms with E-state index in [2.05, 4.69) is 6.92 Å². The number of benzene rings is 2. The van der Waals surface area contributed by atoms with Crippen LogP contribution in [0.4, 0.5) is 0 Å². The van der Waals surface area contributed by atoms with E-state index in [4.69, 9.17) is 9.47 Å². The van der Waals surface area contributed by atoms with Crippen LogP contribution in [0, 0.1) is 0 Å². The van der Waals surface area contributed by atoms with E-state index in [-0.39, 0.29) is 5.97 Å². The Morgan fingerprint density at radius 1 is 1.05 bits per heavy atom. The third kappa shape index (κ3) is 3.85. The van der Waals surface area contributed by atoms with E-state index >= 15 is 0 Å². The molecular formula is C18H20O3. The Morgan fingerprint density at radius 2 is 1.81 bits per heavy atom.